The third-order valence-electron chi connectivity index (χ3n) is 4.44. The highest BCUT2D eigenvalue weighted by molar-refractivity contribution is 7.90. The van der Waals surface area contributed by atoms with Gasteiger partial charge in [0.1, 0.15) is 5.82 Å². The summed E-state index contributed by atoms with van der Waals surface area (Å²) in [6.07, 6.45) is 6.27. The van der Waals surface area contributed by atoms with E-state index in [-0.39, 0.29) is 5.95 Å². The molecular weight excluding hydrogens is 324 g/mol. The summed E-state index contributed by atoms with van der Waals surface area (Å²) in [6.45, 7) is 2.70. The van der Waals surface area contributed by atoms with E-state index in [4.69, 9.17) is 5.73 Å². The molecule has 0 saturated heterocycles. The number of nitrogens with zero attached hydrogens (tertiary/aromatic N) is 2. The van der Waals surface area contributed by atoms with Gasteiger partial charge < -0.3 is 11.1 Å². The summed E-state index contributed by atoms with van der Waals surface area (Å²) in [6, 6.07) is 5.32. The van der Waals surface area contributed by atoms with Crippen LogP contribution >= 0.6 is 0 Å². The van der Waals surface area contributed by atoms with Crippen LogP contribution in [-0.2, 0) is 9.84 Å². The number of hydrogen-bond acceptors (Lipinski definition) is 6. The van der Waals surface area contributed by atoms with Crippen molar-refractivity contribution in [3.8, 4) is 11.1 Å². The monoisotopic (exact) mass is 346 g/mol. The molecule has 1 aliphatic rings. The first-order valence-electron chi connectivity index (χ1n) is 8.11. The maximum Gasteiger partial charge on any atom is 0.221 e. The number of hydrogen-bond donors (Lipinski definition) is 2. The van der Waals surface area contributed by atoms with Crippen molar-refractivity contribution in [2.24, 2.45) is 0 Å². The van der Waals surface area contributed by atoms with Gasteiger partial charge in [0.15, 0.2) is 9.84 Å². The number of anilines is 2. The number of rotatable bonds is 5. The summed E-state index contributed by atoms with van der Waals surface area (Å²) >= 11 is 0. The first kappa shape index (κ1) is 16.7. The van der Waals surface area contributed by atoms with Crippen molar-refractivity contribution < 1.29 is 8.42 Å². The summed E-state index contributed by atoms with van der Waals surface area (Å²) in [5, 5.41) is 3.21. The Morgan fingerprint density at radius 3 is 2.62 bits per heavy atom. The first-order chi connectivity index (χ1) is 11.4. The zero-order valence-electron chi connectivity index (χ0n) is 13.9. The van der Waals surface area contributed by atoms with Crippen LogP contribution in [-0.4, -0.2) is 31.2 Å². The van der Waals surface area contributed by atoms with Crippen molar-refractivity contribution in [2.75, 3.05) is 23.9 Å². The second-order valence-corrected chi connectivity index (χ2v) is 8.19. The zero-order chi connectivity index (χ0) is 17.3. The molecule has 6 nitrogen and oxygen atoms in total. The third kappa shape index (κ3) is 3.21. The van der Waals surface area contributed by atoms with E-state index >= 15 is 0 Å². The number of sulfone groups is 1. The molecular formula is C17H22N4O2S. The summed E-state index contributed by atoms with van der Waals surface area (Å²) in [5.74, 6) is 1.28. The maximum absolute atomic E-state index is 11.9. The molecule has 1 heterocycles. The number of aromatic nitrogens is 2. The highest BCUT2D eigenvalue weighted by Gasteiger charge is 2.25. The molecule has 1 fully saturated rings. The Labute approximate surface area is 142 Å². The molecule has 1 aromatic carbocycles. The number of nitrogen functional groups attached to an aromatic ring is 1. The first-order valence-corrected chi connectivity index (χ1v) is 10.00. The van der Waals surface area contributed by atoms with Crippen molar-refractivity contribution in [2.45, 2.75) is 37.0 Å². The van der Waals surface area contributed by atoms with Gasteiger partial charge in [0, 0.05) is 24.6 Å². The van der Waals surface area contributed by atoms with Gasteiger partial charge in [-0.3, -0.25) is 0 Å². The molecule has 0 bridgehead atoms. The molecule has 3 N–H and O–H groups in total. The second-order valence-electron chi connectivity index (χ2n) is 6.17. The fourth-order valence-corrected chi connectivity index (χ4v) is 3.62. The molecule has 3 rings (SSSR count). The molecule has 7 heteroatoms. The minimum absolute atomic E-state index is 0.215. The molecule has 1 saturated carbocycles. The minimum Gasteiger partial charge on any atom is -0.370 e. The molecule has 0 aliphatic heterocycles. The topological polar surface area (TPSA) is 98.0 Å². The van der Waals surface area contributed by atoms with E-state index in [9.17, 15) is 8.42 Å². The normalized spacial score (nSPS) is 15.1. The van der Waals surface area contributed by atoms with Crippen LogP contribution in [0.1, 0.15) is 37.7 Å². The molecule has 24 heavy (non-hydrogen) atoms. The zero-order valence-corrected chi connectivity index (χ0v) is 14.7. The highest BCUT2D eigenvalue weighted by atomic mass is 32.2. The Bertz CT molecular complexity index is 861. The van der Waals surface area contributed by atoms with Gasteiger partial charge in [-0.25, -0.2) is 13.4 Å². The van der Waals surface area contributed by atoms with Gasteiger partial charge in [0.2, 0.25) is 5.95 Å². The minimum atomic E-state index is -3.24. The van der Waals surface area contributed by atoms with Crippen molar-refractivity contribution >= 4 is 21.6 Å². The molecule has 0 spiro atoms. The Morgan fingerprint density at radius 2 is 2.04 bits per heavy atom. The van der Waals surface area contributed by atoms with E-state index in [1.54, 1.807) is 18.3 Å². The van der Waals surface area contributed by atoms with E-state index in [0.717, 1.165) is 29.5 Å². The van der Waals surface area contributed by atoms with Gasteiger partial charge in [-0.1, -0.05) is 12.5 Å². The van der Waals surface area contributed by atoms with E-state index in [0.29, 0.717) is 23.2 Å². The smallest absolute Gasteiger partial charge is 0.221 e. The molecule has 0 atom stereocenters. The molecule has 0 radical (unpaired) electrons. The number of nitrogens with one attached hydrogen (secondary N) is 1. The summed E-state index contributed by atoms with van der Waals surface area (Å²) in [4.78, 5) is 8.77. The van der Waals surface area contributed by atoms with Crippen LogP contribution in [0, 0.1) is 0 Å². The van der Waals surface area contributed by atoms with Gasteiger partial charge in [0.25, 0.3) is 0 Å². The summed E-state index contributed by atoms with van der Waals surface area (Å²) in [5.41, 5.74) is 8.59. The van der Waals surface area contributed by atoms with Gasteiger partial charge in [-0.15, -0.1) is 0 Å². The lowest BCUT2D eigenvalue weighted by atomic mass is 9.77. The lowest BCUT2D eigenvalue weighted by molar-refractivity contribution is 0.420. The predicted octanol–water partition coefficient (Wildman–Crippen LogP) is 2.83. The third-order valence-corrected chi connectivity index (χ3v) is 5.55. The van der Waals surface area contributed by atoms with Gasteiger partial charge in [-0.05, 0) is 48.9 Å². The van der Waals surface area contributed by atoms with Crippen LogP contribution in [0.4, 0.5) is 11.8 Å². The predicted molar refractivity (Wildman–Crippen MR) is 95.7 cm³/mol. The molecule has 128 valence electrons. The summed E-state index contributed by atoms with van der Waals surface area (Å²) < 4.78 is 23.8. The van der Waals surface area contributed by atoms with Crippen LogP contribution in [0.5, 0.6) is 0 Å². The van der Waals surface area contributed by atoms with E-state index in [2.05, 4.69) is 15.3 Å². The standard InChI is InChI=1S/C17H22N4O2S/c1-3-19-16-15(10-20-17(18)21-16)13-8-7-12(24(2,22)23)9-14(13)11-5-4-6-11/h7-11H,3-6H2,1-2H3,(H3,18,19,20,21). The van der Waals surface area contributed by atoms with Gasteiger partial charge in [0.05, 0.1) is 4.90 Å². The van der Waals surface area contributed by atoms with Crippen molar-refractivity contribution in [1.29, 1.82) is 0 Å². The molecule has 0 amide bonds. The maximum atomic E-state index is 11.9. The Morgan fingerprint density at radius 1 is 1.29 bits per heavy atom. The summed E-state index contributed by atoms with van der Waals surface area (Å²) in [7, 11) is -3.24. The fraction of sp³-hybridized carbons (Fsp3) is 0.412. The van der Waals surface area contributed by atoms with E-state index < -0.39 is 9.84 Å². The average molecular weight is 346 g/mol. The molecule has 1 aliphatic carbocycles. The lowest BCUT2D eigenvalue weighted by Gasteiger charge is -2.28. The Balaban J connectivity index is 2.17. The van der Waals surface area contributed by atoms with Crippen molar-refractivity contribution in [3.63, 3.8) is 0 Å². The Hall–Kier alpha value is -2.15. The largest absolute Gasteiger partial charge is 0.370 e. The molecule has 0 unspecified atom stereocenters. The van der Waals surface area contributed by atoms with Crippen molar-refractivity contribution in [3.05, 3.63) is 30.0 Å². The van der Waals surface area contributed by atoms with Crippen LogP contribution in [0.2, 0.25) is 0 Å². The SMILES string of the molecule is CCNc1nc(N)ncc1-c1ccc(S(C)(=O)=O)cc1C1CCC1. The van der Waals surface area contributed by atoms with Crippen molar-refractivity contribution in [1.82, 2.24) is 9.97 Å². The second kappa shape index (κ2) is 6.39. The van der Waals surface area contributed by atoms with E-state index in [1.165, 1.54) is 12.7 Å². The fourth-order valence-electron chi connectivity index (χ4n) is 2.97. The quantitative estimate of drug-likeness (QED) is 0.864. The average Bonchev–Trinajstić information content (AvgIpc) is 2.45. The van der Waals surface area contributed by atoms with Gasteiger partial charge >= 0.3 is 0 Å². The van der Waals surface area contributed by atoms with Crippen LogP contribution in [0.25, 0.3) is 11.1 Å². The molecule has 2 aromatic rings. The van der Waals surface area contributed by atoms with E-state index in [1.807, 2.05) is 13.0 Å². The van der Waals surface area contributed by atoms with Crippen LogP contribution < -0.4 is 11.1 Å². The van der Waals surface area contributed by atoms with Crippen LogP contribution in [0.3, 0.4) is 0 Å². The van der Waals surface area contributed by atoms with Gasteiger partial charge in [-0.2, -0.15) is 4.98 Å². The Kier molecular flexibility index (Phi) is 4.45. The molecule has 1 aromatic heterocycles. The lowest BCUT2D eigenvalue weighted by Crippen LogP contribution is -2.12. The number of benzene rings is 1. The highest BCUT2D eigenvalue weighted by Crippen LogP contribution is 2.43. The number of nitrogens with two attached hydrogens (primary N) is 1. The van der Waals surface area contributed by atoms with Crippen LogP contribution in [0.15, 0.2) is 29.3 Å².